The molecule has 0 spiro atoms. The lowest BCUT2D eigenvalue weighted by Gasteiger charge is -1.99. The molecule has 0 aliphatic rings. The Kier molecular flexibility index (Phi) is 4.45. The fourth-order valence-electron chi connectivity index (χ4n) is 2.40. The minimum Gasteiger partial charge on any atom is -0.497 e. The summed E-state index contributed by atoms with van der Waals surface area (Å²) in [5.41, 5.74) is 3.28. The Labute approximate surface area is 153 Å². The van der Waals surface area contributed by atoms with E-state index in [2.05, 4.69) is 39.1 Å². The molecule has 1 N–H and O–H groups in total. The Hall–Kier alpha value is -2.70. The fraction of sp³-hybridized carbons (Fsp3) is 0.0526. The minimum atomic E-state index is 0.781. The SMILES string of the molecule is COc1ccc(-c2nnc(Nc3csc(-c4ccccc4)c3)s2)cc1. The van der Waals surface area contributed by atoms with E-state index < -0.39 is 0 Å². The van der Waals surface area contributed by atoms with Gasteiger partial charge in [0, 0.05) is 15.8 Å². The van der Waals surface area contributed by atoms with Gasteiger partial charge in [-0.25, -0.2) is 0 Å². The molecule has 2 aromatic heterocycles. The lowest BCUT2D eigenvalue weighted by Crippen LogP contribution is -1.86. The predicted molar refractivity (Wildman–Crippen MR) is 105 cm³/mol. The van der Waals surface area contributed by atoms with E-state index in [0.717, 1.165) is 27.1 Å². The van der Waals surface area contributed by atoms with E-state index in [1.165, 1.54) is 21.8 Å². The molecule has 25 heavy (non-hydrogen) atoms. The molecule has 4 rings (SSSR count). The van der Waals surface area contributed by atoms with Crippen LogP contribution in [0.5, 0.6) is 5.75 Å². The van der Waals surface area contributed by atoms with E-state index in [1.807, 2.05) is 42.5 Å². The summed E-state index contributed by atoms with van der Waals surface area (Å²) in [5.74, 6) is 0.832. The third-order valence-corrected chi connectivity index (χ3v) is 5.54. The number of hydrogen-bond acceptors (Lipinski definition) is 6. The molecule has 0 unspecified atom stereocenters. The van der Waals surface area contributed by atoms with Crippen molar-refractivity contribution in [1.82, 2.24) is 10.2 Å². The van der Waals surface area contributed by atoms with Gasteiger partial charge in [-0.05, 0) is 35.9 Å². The average molecular weight is 365 g/mol. The monoisotopic (exact) mass is 365 g/mol. The molecule has 6 heteroatoms. The molecule has 4 nitrogen and oxygen atoms in total. The molecule has 124 valence electrons. The molecule has 4 aromatic rings. The van der Waals surface area contributed by atoms with Crippen molar-refractivity contribution in [3.05, 3.63) is 66.0 Å². The highest BCUT2D eigenvalue weighted by Crippen LogP contribution is 2.33. The summed E-state index contributed by atoms with van der Waals surface area (Å²) >= 11 is 3.24. The standard InChI is InChI=1S/C19H15N3OS2/c1-23-16-9-7-14(8-10-16)18-21-22-19(25-18)20-15-11-17(24-12-15)13-5-3-2-4-6-13/h2-12H,1H3,(H,20,22). The first-order chi connectivity index (χ1) is 12.3. The number of hydrogen-bond donors (Lipinski definition) is 1. The van der Waals surface area contributed by atoms with Crippen molar-refractivity contribution < 1.29 is 4.74 Å². The van der Waals surface area contributed by atoms with Crippen LogP contribution < -0.4 is 10.1 Å². The first-order valence-electron chi connectivity index (χ1n) is 7.71. The van der Waals surface area contributed by atoms with E-state index in [1.54, 1.807) is 18.4 Å². The molecule has 0 aliphatic carbocycles. The average Bonchev–Trinajstić information content (AvgIpc) is 3.33. The zero-order valence-electron chi connectivity index (χ0n) is 13.5. The van der Waals surface area contributed by atoms with Crippen molar-refractivity contribution in [3.8, 4) is 26.8 Å². The second-order valence-electron chi connectivity index (χ2n) is 5.33. The Morgan fingerprint density at radius 1 is 0.920 bits per heavy atom. The number of benzene rings is 2. The first kappa shape index (κ1) is 15.8. The van der Waals surface area contributed by atoms with Gasteiger partial charge in [-0.2, -0.15) is 0 Å². The molecule has 0 saturated heterocycles. The third-order valence-electron chi connectivity index (χ3n) is 3.67. The summed E-state index contributed by atoms with van der Waals surface area (Å²) in [6.07, 6.45) is 0. The fourth-order valence-corrected chi connectivity index (χ4v) is 4.02. The number of nitrogens with one attached hydrogen (secondary N) is 1. The summed E-state index contributed by atoms with van der Waals surface area (Å²) < 4.78 is 5.18. The maximum absolute atomic E-state index is 5.18. The molecule has 0 saturated carbocycles. The van der Waals surface area contributed by atoms with E-state index in [4.69, 9.17) is 4.74 Å². The number of aromatic nitrogens is 2. The molecule has 2 heterocycles. The first-order valence-corrected chi connectivity index (χ1v) is 9.40. The van der Waals surface area contributed by atoms with Crippen molar-refractivity contribution >= 4 is 33.5 Å². The van der Waals surface area contributed by atoms with Crippen LogP contribution in [0.15, 0.2) is 66.0 Å². The maximum atomic E-state index is 5.18. The molecule has 0 amide bonds. The normalized spacial score (nSPS) is 10.6. The van der Waals surface area contributed by atoms with Crippen LogP contribution in [0.4, 0.5) is 10.8 Å². The number of anilines is 2. The van der Waals surface area contributed by atoms with Crippen LogP contribution >= 0.6 is 22.7 Å². The summed E-state index contributed by atoms with van der Waals surface area (Å²) in [5, 5.41) is 15.6. The second kappa shape index (κ2) is 7.04. The number of nitrogens with zero attached hydrogens (tertiary/aromatic N) is 2. The molecule has 0 fully saturated rings. The zero-order chi connectivity index (χ0) is 17.1. The van der Waals surface area contributed by atoms with Gasteiger partial charge in [-0.1, -0.05) is 41.7 Å². The smallest absolute Gasteiger partial charge is 0.210 e. The molecule has 0 radical (unpaired) electrons. The highest BCUT2D eigenvalue weighted by molar-refractivity contribution is 7.18. The van der Waals surface area contributed by atoms with E-state index in [9.17, 15) is 0 Å². The Morgan fingerprint density at radius 3 is 2.48 bits per heavy atom. The van der Waals surface area contributed by atoms with Gasteiger partial charge in [-0.3, -0.25) is 0 Å². The number of methoxy groups -OCH3 is 1. The van der Waals surface area contributed by atoms with Gasteiger partial charge in [0.05, 0.1) is 12.8 Å². The maximum Gasteiger partial charge on any atom is 0.210 e. The quantitative estimate of drug-likeness (QED) is 0.494. The Bertz CT molecular complexity index is 962. The predicted octanol–water partition coefficient (Wildman–Crippen LogP) is 5.69. The van der Waals surface area contributed by atoms with Crippen molar-refractivity contribution in [1.29, 1.82) is 0 Å². The van der Waals surface area contributed by atoms with Crippen LogP contribution in [0.3, 0.4) is 0 Å². The van der Waals surface area contributed by atoms with Crippen molar-refractivity contribution in [2.75, 3.05) is 12.4 Å². The van der Waals surface area contributed by atoms with Gasteiger partial charge in [0.25, 0.3) is 0 Å². The van der Waals surface area contributed by atoms with Crippen LogP contribution in [-0.4, -0.2) is 17.3 Å². The second-order valence-corrected chi connectivity index (χ2v) is 7.22. The van der Waals surface area contributed by atoms with Gasteiger partial charge in [0.2, 0.25) is 5.13 Å². The van der Waals surface area contributed by atoms with Gasteiger partial charge >= 0.3 is 0 Å². The van der Waals surface area contributed by atoms with Crippen LogP contribution in [0, 0.1) is 0 Å². The minimum absolute atomic E-state index is 0.781. The summed E-state index contributed by atoms with van der Waals surface area (Å²) in [6.45, 7) is 0. The van der Waals surface area contributed by atoms with Gasteiger partial charge in [0.1, 0.15) is 10.8 Å². The van der Waals surface area contributed by atoms with Gasteiger partial charge < -0.3 is 10.1 Å². The van der Waals surface area contributed by atoms with E-state index in [0.29, 0.717) is 0 Å². The van der Waals surface area contributed by atoms with Gasteiger partial charge in [0.15, 0.2) is 0 Å². The van der Waals surface area contributed by atoms with Gasteiger partial charge in [-0.15, -0.1) is 21.5 Å². The Balaban J connectivity index is 1.50. The lowest BCUT2D eigenvalue weighted by molar-refractivity contribution is 0.415. The highest BCUT2D eigenvalue weighted by atomic mass is 32.1. The van der Waals surface area contributed by atoms with Crippen LogP contribution in [0.1, 0.15) is 0 Å². The van der Waals surface area contributed by atoms with Crippen LogP contribution in [0.25, 0.3) is 21.0 Å². The highest BCUT2D eigenvalue weighted by Gasteiger charge is 2.09. The molecule has 2 aromatic carbocycles. The zero-order valence-corrected chi connectivity index (χ0v) is 15.1. The van der Waals surface area contributed by atoms with Crippen LogP contribution in [0.2, 0.25) is 0 Å². The summed E-state index contributed by atoms with van der Waals surface area (Å²) in [7, 11) is 1.66. The molecule has 0 bridgehead atoms. The van der Waals surface area contributed by atoms with Crippen molar-refractivity contribution in [2.24, 2.45) is 0 Å². The van der Waals surface area contributed by atoms with Crippen LogP contribution in [-0.2, 0) is 0 Å². The summed E-state index contributed by atoms with van der Waals surface area (Å²) in [6, 6.07) is 20.3. The number of thiophene rings is 1. The van der Waals surface area contributed by atoms with E-state index >= 15 is 0 Å². The largest absolute Gasteiger partial charge is 0.497 e. The number of ether oxygens (including phenoxy) is 1. The van der Waals surface area contributed by atoms with Crippen molar-refractivity contribution in [2.45, 2.75) is 0 Å². The number of rotatable bonds is 5. The summed E-state index contributed by atoms with van der Waals surface area (Å²) in [4.78, 5) is 1.22. The Morgan fingerprint density at radius 2 is 1.72 bits per heavy atom. The third kappa shape index (κ3) is 3.55. The molecular formula is C19H15N3OS2. The lowest BCUT2D eigenvalue weighted by atomic mass is 10.2. The topological polar surface area (TPSA) is 47.0 Å². The van der Waals surface area contributed by atoms with Crippen molar-refractivity contribution in [3.63, 3.8) is 0 Å². The molecule has 0 atom stereocenters. The van der Waals surface area contributed by atoms with E-state index in [-0.39, 0.29) is 0 Å². The molecular weight excluding hydrogens is 350 g/mol. The molecule has 0 aliphatic heterocycles.